The molecular formula is C14H15FN2. The van der Waals surface area contributed by atoms with Crippen LogP contribution in [0.25, 0.3) is 0 Å². The molecule has 0 saturated heterocycles. The number of aryl methyl sites for hydroxylation is 1. The lowest BCUT2D eigenvalue weighted by Crippen LogP contribution is -2.09. The van der Waals surface area contributed by atoms with Gasteiger partial charge in [0.2, 0.25) is 0 Å². The van der Waals surface area contributed by atoms with Crippen LogP contribution in [0, 0.1) is 12.7 Å². The quantitative estimate of drug-likeness (QED) is 0.869. The van der Waals surface area contributed by atoms with Gasteiger partial charge in [0, 0.05) is 12.4 Å². The summed E-state index contributed by atoms with van der Waals surface area (Å²) in [5.74, 6) is -0.222. The van der Waals surface area contributed by atoms with Crippen LogP contribution in [0.3, 0.4) is 0 Å². The van der Waals surface area contributed by atoms with Crippen LogP contribution in [0.4, 0.5) is 10.1 Å². The van der Waals surface area contributed by atoms with Crippen LogP contribution in [-0.4, -0.2) is 4.98 Å². The largest absolute Gasteiger partial charge is 0.376 e. The van der Waals surface area contributed by atoms with Gasteiger partial charge in [-0.2, -0.15) is 0 Å². The molecule has 2 aromatic rings. The van der Waals surface area contributed by atoms with Gasteiger partial charge in [-0.15, -0.1) is 0 Å². The highest BCUT2D eigenvalue weighted by atomic mass is 19.1. The first-order chi connectivity index (χ1) is 8.18. The van der Waals surface area contributed by atoms with Crippen molar-refractivity contribution in [2.24, 2.45) is 0 Å². The number of nitrogens with one attached hydrogen (secondary N) is 1. The molecule has 2 nitrogen and oxygen atoms in total. The molecule has 1 aromatic heterocycles. The zero-order valence-corrected chi connectivity index (χ0v) is 9.94. The van der Waals surface area contributed by atoms with Crippen LogP contribution in [0.5, 0.6) is 0 Å². The molecule has 0 fully saturated rings. The molecular weight excluding hydrogens is 215 g/mol. The monoisotopic (exact) mass is 230 g/mol. The lowest BCUT2D eigenvalue weighted by molar-refractivity contribution is 0.626. The van der Waals surface area contributed by atoms with Crippen LogP contribution in [0.1, 0.15) is 24.1 Å². The number of hydrogen-bond donors (Lipinski definition) is 1. The van der Waals surface area contributed by atoms with Gasteiger partial charge in [-0.3, -0.25) is 4.98 Å². The number of anilines is 1. The smallest absolute Gasteiger partial charge is 0.146 e. The van der Waals surface area contributed by atoms with Gasteiger partial charge in [-0.05, 0) is 37.1 Å². The fourth-order valence-corrected chi connectivity index (χ4v) is 1.75. The van der Waals surface area contributed by atoms with Gasteiger partial charge in [0.25, 0.3) is 0 Å². The molecule has 0 aliphatic rings. The first-order valence-electron chi connectivity index (χ1n) is 5.60. The molecule has 0 bridgehead atoms. The lowest BCUT2D eigenvalue weighted by atomic mass is 10.1. The summed E-state index contributed by atoms with van der Waals surface area (Å²) in [4.78, 5) is 4.06. The maximum atomic E-state index is 13.6. The fraction of sp³-hybridized carbons (Fsp3) is 0.214. The Kier molecular flexibility index (Phi) is 3.38. The fourth-order valence-electron chi connectivity index (χ4n) is 1.75. The minimum Gasteiger partial charge on any atom is -0.376 e. The summed E-state index contributed by atoms with van der Waals surface area (Å²) in [6, 6.07) is 8.94. The summed E-state index contributed by atoms with van der Waals surface area (Å²) >= 11 is 0. The zero-order valence-electron chi connectivity index (χ0n) is 9.94. The molecule has 88 valence electrons. The molecule has 1 N–H and O–H groups in total. The average molecular weight is 230 g/mol. The van der Waals surface area contributed by atoms with Crippen molar-refractivity contribution in [2.75, 3.05) is 5.32 Å². The van der Waals surface area contributed by atoms with E-state index in [1.165, 1.54) is 6.07 Å². The Morgan fingerprint density at radius 2 is 2.06 bits per heavy atom. The van der Waals surface area contributed by atoms with E-state index in [0.29, 0.717) is 5.69 Å². The van der Waals surface area contributed by atoms with E-state index < -0.39 is 0 Å². The van der Waals surface area contributed by atoms with Crippen molar-refractivity contribution in [3.05, 3.63) is 59.7 Å². The third kappa shape index (κ3) is 2.61. The van der Waals surface area contributed by atoms with Gasteiger partial charge in [-0.1, -0.05) is 18.2 Å². The minimum absolute atomic E-state index is 0.0271. The molecule has 1 aromatic carbocycles. The van der Waals surface area contributed by atoms with Gasteiger partial charge in [0.05, 0.1) is 11.7 Å². The van der Waals surface area contributed by atoms with Gasteiger partial charge < -0.3 is 5.32 Å². The SMILES string of the molecule is Cc1cccc(F)c1NC(C)c1cccnc1. The zero-order chi connectivity index (χ0) is 12.3. The number of rotatable bonds is 3. The molecule has 0 spiro atoms. The van der Waals surface area contributed by atoms with Crippen LogP contribution in [-0.2, 0) is 0 Å². The summed E-state index contributed by atoms with van der Waals surface area (Å²) in [6.07, 6.45) is 3.51. The summed E-state index contributed by atoms with van der Waals surface area (Å²) < 4.78 is 13.6. The average Bonchev–Trinajstić information content (AvgIpc) is 2.35. The van der Waals surface area contributed by atoms with Crippen molar-refractivity contribution < 1.29 is 4.39 Å². The molecule has 2 rings (SSSR count). The Morgan fingerprint density at radius 1 is 1.24 bits per heavy atom. The van der Waals surface area contributed by atoms with Crippen molar-refractivity contribution in [3.63, 3.8) is 0 Å². The van der Waals surface area contributed by atoms with Gasteiger partial charge >= 0.3 is 0 Å². The van der Waals surface area contributed by atoms with E-state index >= 15 is 0 Å². The lowest BCUT2D eigenvalue weighted by Gasteiger charge is -2.17. The summed E-state index contributed by atoms with van der Waals surface area (Å²) in [6.45, 7) is 3.88. The van der Waals surface area contributed by atoms with E-state index in [9.17, 15) is 4.39 Å². The number of pyridine rings is 1. The third-order valence-corrected chi connectivity index (χ3v) is 2.77. The Labute approximate surface area is 101 Å². The molecule has 0 radical (unpaired) electrons. The van der Waals surface area contributed by atoms with E-state index in [1.807, 2.05) is 32.0 Å². The van der Waals surface area contributed by atoms with Crippen molar-refractivity contribution in [3.8, 4) is 0 Å². The third-order valence-electron chi connectivity index (χ3n) is 2.77. The molecule has 1 heterocycles. The second-order valence-electron chi connectivity index (χ2n) is 4.08. The summed E-state index contributed by atoms with van der Waals surface area (Å²) in [5.41, 5.74) is 2.50. The first-order valence-corrected chi connectivity index (χ1v) is 5.60. The van der Waals surface area contributed by atoms with Crippen molar-refractivity contribution >= 4 is 5.69 Å². The molecule has 0 saturated carbocycles. The van der Waals surface area contributed by atoms with E-state index in [0.717, 1.165) is 11.1 Å². The molecule has 1 unspecified atom stereocenters. The van der Waals surface area contributed by atoms with Crippen LogP contribution in [0.15, 0.2) is 42.7 Å². The Morgan fingerprint density at radius 3 is 2.71 bits per heavy atom. The minimum atomic E-state index is -0.222. The molecule has 0 aliphatic carbocycles. The predicted octanol–water partition coefficient (Wildman–Crippen LogP) is 3.70. The van der Waals surface area contributed by atoms with Gasteiger partial charge in [0.1, 0.15) is 5.82 Å². The Balaban J connectivity index is 2.22. The summed E-state index contributed by atoms with van der Waals surface area (Å²) in [7, 11) is 0. The maximum absolute atomic E-state index is 13.6. The number of aromatic nitrogens is 1. The Hall–Kier alpha value is -1.90. The highest BCUT2D eigenvalue weighted by Gasteiger charge is 2.10. The number of benzene rings is 1. The van der Waals surface area contributed by atoms with E-state index in [-0.39, 0.29) is 11.9 Å². The highest BCUT2D eigenvalue weighted by molar-refractivity contribution is 5.53. The van der Waals surface area contributed by atoms with Gasteiger partial charge in [0.15, 0.2) is 0 Å². The van der Waals surface area contributed by atoms with Crippen molar-refractivity contribution in [1.82, 2.24) is 4.98 Å². The van der Waals surface area contributed by atoms with E-state index in [1.54, 1.807) is 18.5 Å². The normalized spacial score (nSPS) is 12.2. The van der Waals surface area contributed by atoms with E-state index in [2.05, 4.69) is 10.3 Å². The topological polar surface area (TPSA) is 24.9 Å². The number of halogens is 1. The molecule has 3 heteroatoms. The predicted molar refractivity (Wildman–Crippen MR) is 67.4 cm³/mol. The van der Waals surface area contributed by atoms with Crippen LogP contribution in [0.2, 0.25) is 0 Å². The molecule has 0 amide bonds. The summed E-state index contributed by atoms with van der Waals surface area (Å²) in [5, 5.41) is 3.18. The number of para-hydroxylation sites is 1. The Bertz CT molecular complexity index is 477. The van der Waals surface area contributed by atoms with Crippen LogP contribution >= 0.6 is 0 Å². The first kappa shape index (κ1) is 11.6. The van der Waals surface area contributed by atoms with Crippen LogP contribution < -0.4 is 5.32 Å². The van der Waals surface area contributed by atoms with Crippen molar-refractivity contribution in [2.45, 2.75) is 19.9 Å². The van der Waals surface area contributed by atoms with Crippen molar-refractivity contribution in [1.29, 1.82) is 0 Å². The maximum Gasteiger partial charge on any atom is 0.146 e. The molecule has 17 heavy (non-hydrogen) atoms. The standard InChI is InChI=1S/C14H15FN2/c1-10-5-3-7-13(15)14(10)17-11(2)12-6-4-8-16-9-12/h3-9,11,17H,1-2H3. The van der Waals surface area contributed by atoms with Gasteiger partial charge in [-0.25, -0.2) is 4.39 Å². The molecule has 0 aliphatic heterocycles. The second-order valence-corrected chi connectivity index (χ2v) is 4.08. The molecule has 1 atom stereocenters. The number of nitrogens with zero attached hydrogens (tertiary/aromatic N) is 1. The second kappa shape index (κ2) is 4.95. The van der Waals surface area contributed by atoms with E-state index in [4.69, 9.17) is 0 Å². The number of hydrogen-bond acceptors (Lipinski definition) is 2. The highest BCUT2D eigenvalue weighted by Crippen LogP contribution is 2.24.